The lowest BCUT2D eigenvalue weighted by molar-refractivity contribution is 0.139. The zero-order valence-electron chi connectivity index (χ0n) is 18.3. The van der Waals surface area contributed by atoms with E-state index in [2.05, 4.69) is 58.6 Å². The van der Waals surface area contributed by atoms with Crippen LogP contribution in [0.2, 0.25) is 0 Å². The molecule has 2 aromatic carbocycles. The van der Waals surface area contributed by atoms with Crippen molar-refractivity contribution in [3.8, 4) is 17.0 Å². The summed E-state index contributed by atoms with van der Waals surface area (Å²) in [6.45, 7) is 8.30. The number of aromatic nitrogens is 2. The minimum absolute atomic E-state index is 0.288. The van der Waals surface area contributed by atoms with Crippen LogP contribution >= 0.6 is 0 Å². The molecule has 0 radical (unpaired) electrons. The number of aromatic hydroxyl groups is 1. The molecule has 162 valence electrons. The van der Waals surface area contributed by atoms with Crippen LogP contribution in [0.15, 0.2) is 60.8 Å². The first-order valence-electron chi connectivity index (χ1n) is 11.0. The topological polar surface area (TPSA) is 73.3 Å². The van der Waals surface area contributed by atoms with Crippen LogP contribution in [0.4, 0.5) is 5.95 Å². The lowest BCUT2D eigenvalue weighted by Crippen LogP contribution is -2.53. The Balaban J connectivity index is 1.40. The second kappa shape index (κ2) is 9.90. The van der Waals surface area contributed by atoms with Gasteiger partial charge in [0.1, 0.15) is 5.75 Å². The molecule has 1 fully saturated rings. The summed E-state index contributed by atoms with van der Waals surface area (Å²) in [6.07, 6.45) is 2.64. The molecule has 4 rings (SSSR count). The molecule has 3 aromatic rings. The third kappa shape index (κ3) is 5.81. The number of hydrogen-bond donors (Lipinski definition) is 3. The van der Waals surface area contributed by atoms with Gasteiger partial charge in [0.2, 0.25) is 5.95 Å². The van der Waals surface area contributed by atoms with Gasteiger partial charge in [0, 0.05) is 50.0 Å². The van der Waals surface area contributed by atoms with Crippen molar-refractivity contribution >= 4 is 5.95 Å². The number of phenols is 1. The molecule has 6 nitrogen and oxygen atoms in total. The van der Waals surface area contributed by atoms with Gasteiger partial charge in [-0.05, 0) is 55.7 Å². The number of hydrogen-bond acceptors (Lipinski definition) is 6. The monoisotopic (exact) mass is 417 g/mol. The minimum atomic E-state index is 0.288. The lowest BCUT2D eigenvalue weighted by Gasteiger charge is -2.37. The van der Waals surface area contributed by atoms with E-state index in [0.717, 1.165) is 49.4 Å². The fourth-order valence-electron chi connectivity index (χ4n) is 3.97. The van der Waals surface area contributed by atoms with Gasteiger partial charge in [-0.3, -0.25) is 4.90 Å². The van der Waals surface area contributed by atoms with E-state index in [1.807, 2.05) is 18.2 Å². The summed E-state index contributed by atoms with van der Waals surface area (Å²) in [7, 11) is 0. The van der Waals surface area contributed by atoms with Crippen LogP contribution in [-0.2, 0) is 13.0 Å². The summed E-state index contributed by atoms with van der Waals surface area (Å²) in [5.74, 6) is 0.919. The molecule has 3 N–H and O–H groups in total. The fourth-order valence-corrected chi connectivity index (χ4v) is 3.97. The largest absolute Gasteiger partial charge is 0.508 e. The smallest absolute Gasteiger partial charge is 0.223 e. The third-order valence-electron chi connectivity index (χ3n) is 5.79. The molecule has 2 atom stereocenters. The van der Waals surface area contributed by atoms with E-state index >= 15 is 0 Å². The van der Waals surface area contributed by atoms with Crippen LogP contribution in [-0.4, -0.2) is 51.7 Å². The lowest BCUT2D eigenvalue weighted by atomic mass is 10.1. The molecule has 0 amide bonds. The van der Waals surface area contributed by atoms with Gasteiger partial charge in [-0.25, -0.2) is 9.97 Å². The summed E-state index contributed by atoms with van der Waals surface area (Å²) < 4.78 is 0. The van der Waals surface area contributed by atoms with Crippen LogP contribution in [0.25, 0.3) is 11.3 Å². The van der Waals surface area contributed by atoms with E-state index in [1.165, 1.54) is 5.56 Å². The Hall–Kier alpha value is -2.96. The molecule has 0 bridgehead atoms. The van der Waals surface area contributed by atoms with Crippen LogP contribution in [0, 0.1) is 0 Å². The zero-order valence-corrected chi connectivity index (χ0v) is 18.3. The van der Waals surface area contributed by atoms with E-state index in [1.54, 1.807) is 18.3 Å². The van der Waals surface area contributed by atoms with Crippen molar-refractivity contribution in [2.75, 3.05) is 25.0 Å². The first-order valence-corrected chi connectivity index (χ1v) is 11.0. The van der Waals surface area contributed by atoms with Crippen molar-refractivity contribution in [1.82, 2.24) is 20.2 Å². The van der Waals surface area contributed by atoms with Gasteiger partial charge in [-0.1, -0.05) is 30.3 Å². The molecule has 31 heavy (non-hydrogen) atoms. The molecular weight excluding hydrogens is 386 g/mol. The second-order valence-electron chi connectivity index (χ2n) is 8.40. The summed E-state index contributed by atoms with van der Waals surface area (Å²) in [5, 5.41) is 16.2. The quantitative estimate of drug-likeness (QED) is 0.545. The predicted octanol–water partition coefficient (Wildman–Crippen LogP) is 3.69. The maximum atomic E-state index is 9.39. The van der Waals surface area contributed by atoms with Crippen molar-refractivity contribution in [3.63, 3.8) is 0 Å². The van der Waals surface area contributed by atoms with Crippen LogP contribution < -0.4 is 10.6 Å². The predicted molar refractivity (Wildman–Crippen MR) is 125 cm³/mol. The standard InChI is InChI=1S/C25H31N5O/c1-18-16-30(19(2)15-28-18)17-21-4-3-5-22(14-21)24-11-13-27-25(29-24)26-12-10-20-6-8-23(31)9-7-20/h3-9,11,13-14,18-19,28,31H,10,12,15-17H2,1-2H3,(H,26,27,29)/t18-,19+/m1/s1. The highest BCUT2D eigenvalue weighted by atomic mass is 16.3. The molecule has 1 aliphatic rings. The summed E-state index contributed by atoms with van der Waals surface area (Å²) in [6, 6.07) is 18.9. The number of nitrogens with zero attached hydrogens (tertiary/aromatic N) is 3. The Bertz CT molecular complexity index is 991. The van der Waals surface area contributed by atoms with Crippen molar-refractivity contribution in [2.24, 2.45) is 0 Å². The van der Waals surface area contributed by atoms with Crippen LogP contribution in [0.3, 0.4) is 0 Å². The second-order valence-corrected chi connectivity index (χ2v) is 8.40. The first kappa shape index (κ1) is 21.3. The number of piperazine rings is 1. The van der Waals surface area contributed by atoms with Crippen molar-refractivity contribution in [3.05, 3.63) is 71.9 Å². The molecule has 0 saturated carbocycles. The van der Waals surface area contributed by atoms with E-state index in [-0.39, 0.29) is 5.75 Å². The van der Waals surface area contributed by atoms with Gasteiger partial charge >= 0.3 is 0 Å². The maximum absolute atomic E-state index is 9.39. The van der Waals surface area contributed by atoms with Crippen LogP contribution in [0.5, 0.6) is 5.75 Å². The molecule has 1 aliphatic heterocycles. The number of rotatable bonds is 7. The van der Waals surface area contributed by atoms with E-state index in [4.69, 9.17) is 4.98 Å². The number of benzene rings is 2. The van der Waals surface area contributed by atoms with E-state index < -0.39 is 0 Å². The third-order valence-corrected chi connectivity index (χ3v) is 5.79. The Morgan fingerprint density at radius 1 is 1.10 bits per heavy atom. The molecule has 1 saturated heterocycles. The highest BCUT2D eigenvalue weighted by Crippen LogP contribution is 2.21. The van der Waals surface area contributed by atoms with E-state index in [9.17, 15) is 5.11 Å². The van der Waals surface area contributed by atoms with Crippen molar-refractivity contribution in [2.45, 2.75) is 38.9 Å². The molecule has 2 heterocycles. The van der Waals surface area contributed by atoms with Crippen molar-refractivity contribution < 1.29 is 5.11 Å². The van der Waals surface area contributed by atoms with Gasteiger partial charge in [0.15, 0.2) is 0 Å². The van der Waals surface area contributed by atoms with Crippen molar-refractivity contribution in [1.29, 1.82) is 0 Å². The minimum Gasteiger partial charge on any atom is -0.508 e. The summed E-state index contributed by atoms with van der Waals surface area (Å²) >= 11 is 0. The van der Waals surface area contributed by atoms with Gasteiger partial charge < -0.3 is 15.7 Å². The fraction of sp³-hybridized carbons (Fsp3) is 0.360. The molecule has 6 heteroatoms. The Kier molecular flexibility index (Phi) is 6.79. The number of phenolic OH excluding ortho intramolecular Hbond substituents is 1. The normalized spacial score (nSPS) is 19.3. The molecule has 1 aromatic heterocycles. The average Bonchev–Trinajstić information content (AvgIpc) is 2.78. The molecular formula is C25H31N5O. The van der Waals surface area contributed by atoms with Gasteiger partial charge in [0.25, 0.3) is 0 Å². The number of anilines is 1. The Labute approximate surface area is 184 Å². The highest BCUT2D eigenvalue weighted by molar-refractivity contribution is 5.61. The van der Waals surface area contributed by atoms with E-state index in [0.29, 0.717) is 18.0 Å². The SMILES string of the molecule is C[C@@H]1CN(Cc2cccc(-c3ccnc(NCCc4ccc(O)cc4)n3)c2)[C@@H](C)CN1. The first-order chi connectivity index (χ1) is 15.1. The average molecular weight is 418 g/mol. The summed E-state index contributed by atoms with van der Waals surface area (Å²) in [5.41, 5.74) is 4.49. The molecule has 0 spiro atoms. The van der Waals surface area contributed by atoms with Gasteiger partial charge in [-0.15, -0.1) is 0 Å². The van der Waals surface area contributed by atoms with Gasteiger partial charge in [0.05, 0.1) is 5.69 Å². The zero-order chi connectivity index (χ0) is 21.6. The molecule has 0 aliphatic carbocycles. The highest BCUT2D eigenvalue weighted by Gasteiger charge is 2.22. The van der Waals surface area contributed by atoms with Gasteiger partial charge in [-0.2, -0.15) is 0 Å². The Morgan fingerprint density at radius 2 is 1.94 bits per heavy atom. The van der Waals surface area contributed by atoms with Crippen LogP contribution in [0.1, 0.15) is 25.0 Å². The summed E-state index contributed by atoms with van der Waals surface area (Å²) in [4.78, 5) is 11.6. The maximum Gasteiger partial charge on any atom is 0.223 e. The molecule has 0 unspecified atom stereocenters. The Morgan fingerprint density at radius 3 is 2.77 bits per heavy atom. The number of nitrogens with one attached hydrogen (secondary N) is 2.